The largest absolute Gasteiger partial charge is 0.492 e. The van der Waals surface area contributed by atoms with Gasteiger partial charge in [-0.3, -0.25) is 4.57 Å². The summed E-state index contributed by atoms with van der Waals surface area (Å²) in [4.78, 5) is 19.1. The molecular formula is C10H11N5O2. The van der Waals surface area contributed by atoms with Gasteiger partial charge in [-0.2, -0.15) is 10.2 Å². The molecule has 2 heterocycles. The minimum Gasteiger partial charge on any atom is -0.492 e. The van der Waals surface area contributed by atoms with Crippen LogP contribution in [0.3, 0.4) is 0 Å². The van der Waals surface area contributed by atoms with Gasteiger partial charge < -0.3 is 9.67 Å². The van der Waals surface area contributed by atoms with Crippen molar-refractivity contribution in [3.05, 3.63) is 16.3 Å². The van der Waals surface area contributed by atoms with Crippen LogP contribution in [-0.2, 0) is 20.0 Å². The van der Waals surface area contributed by atoms with E-state index in [0.29, 0.717) is 18.0 Å². The number of nitriles is 1. The number of nitrogens with zero attached hydrogens (tertiary/aromatic N) is 5. The predicted molar refractivity (Wildman–Crippen MR) is 59.4 cm³/mol. The molecule has 7 heteroatoms. The molecular weight excluding hydrogens is 222 g/mol. The van der Waals surface area contributed by atoms with Crippen molar-refractivity contribution in [3.8, 4) is 11.9 Å². The number of hydrogen-bond acceptors (Lipinski definition) is 5. The van der Waals surface area contributed by atoms with Gasteiger partial charge in [-0.1, -0.05) is 0 Å². The third kappa shape index (κ3) is 1.54. The zero-order valence-corrected chi connectivity index (χ0v) is 9.51. The van der Waals surface area contributed by atoms with E-state index >= 15 is 0 Å². The molecule has 0 saturated carbocycles. The molecule has 88 valence electrons. The lowest BCUT2D eigenvalue weighted by Crippen LogP contribution is -2.21. The van der Waals surface area contributed by atoms with Gasteiger partial charge in [0.15, 0.2) is 5.52 Å². The lowest BCUT2D eigenvalue weighted by molar-refractivity contribution is 0.453. The van der Waals surface area contributed by atoms with Crippen LogP contribution in [0.4, 0.5) is 0 Å². The highest BCUT2D eigenvalue weighted by atomic mass is 16.3. The number of aromatic nitrogens is 4. The molecule has 0 fully saturated rings. The summed E-state index contributed by atoms with van der Waals surface area (Å²) in [6.45, 7) is 2.44. The van der Waals surface area contributed by atoms with E-state index in [-0.39, 0.29) is 11.9 Å². The van der Waals surface area contributed by atoms with Crippen LogP contribution < -0.4 is 5.69 Å². The fourth-order valence-corrected chi connectivity index (χ4v) is 1.83. The SMILES string of the molecule is CCn1c(CC#N)nc2c(O)nc(=O)n(C)c21. The fraction of sp³-hybridized carbons (Fsp3) is 0.400. The average molecular weight is 233 g/mol. The maximum absolute atomic E-state index is 11.5. The first-order chi connectivity index (χ1) is 8.10. The summed E-state index contributed by atoms with van der Waals surface area (Å²) >= 11 is 0. The molecule has 0 unspecified atom stereocenters. The van der Waals surface area contributed by atoms with Crippen molar-refractivity contribution in [3.63, 3.8) is 0 Å². The van der Waals surface area contributed by atoms with Gasteiger partial charge in [0.25, 0.3) is 0 Å². The van der Waals surface area contributed by atoms with E-state index in [2.05, 4.69) is 9.97 Å². The first-order valence-electron chi connectivity index (χ1n) is 5.12. The summed E-state index contributed by atoms with van der Waals surface area (Å²) in [7, 11) is 1.56. The van der Waals surface area contributed by atoms with E-state index in [4.69, 9.17) is 5.26 Å². The first-order valence-corrected chi connectivity index (χ1v) is 5.12. The van der Waals surface area contributed by atoms with Gasteiger partial charge in [-0.15, -0.1) is 0 Å². The van der Waals surface area contributed by atoms with Crippen molar-refractivity contribution in [2.75, 3.05) is 0 Å². The molecule has 17 heavy (non-hydrogen) atoms. The van der Waals surface area contributed by atoms with E-state index in [1.807, 2.05) is 13.0 Å². The molecule has 0 saturated heterocycles. The standard InChI is InChI=1S/C10H11N5O2/c1-3-15-6(4-5-11)12-7-8(16)13-10(17)14(2)9(7)15/h3-4H2,1-2H3,(H,13,16,17). The Hall–Kier alpha value is -2.36. The van der Waals surface area contributed by atoms with E-state index in [0.717, 1.165) is 0 Å². The predicted octanol–water partition coefficient (Wildman–Crippen LogP) is -0.0784. The molecule has 7 nitrogen and oxygen atoms in total. The van der Waals surface area contributed by atoms with Crippen LogP contribution in [0.5, 0.6) is 5.88 Å². The van der Waals surface area contributed by atoms with Crippen LogP contribution in [0.25, 0.3) is 11.2 Å². The van der Waals surface area contributed by atoms with E-state index in [1.165, 1.54) is 4.57 Å². The van der Waals surface area contributed by atoms with Crippen LogP contribution in [0.2, 0.25) is 0 Å². The van der Waals surface area contributed by atoms with Crippen LogP contribution in [0.15, 0.2) is 4.79 Å². The maximum Gasteiger partial charge on any atom is 0.352 e. The summed E-state index contributed by atoms with van der Waals surface area (Å²) < 4.78 is 3.04. The maximum atomic E-state index is 11.5. The molecule has 0 spiro atoms. The first kappa shape index (κ1) is 11.1. The number of fused-ring (bicyclic) bond motifs is 1. The number of aryl methyl sites for hydroxylation is 2. The van der Waals surface area contributed by atoms with Gasteiger partial charge in [0.2, 0.25) is 5.88 Å². The second-order valence-electron chi connectivity index (χ2n) is 3.56. The second kappa shape index (κ2) is 3.90. The van der Waals surface area contributed by atoms with Gasteiger partial charge in [0, 0.05) is 13.6 Å². The fourth-order valence-electron chi connectivity index (χ4n) is 1.83. The van der Waals surface area contributed by atoms with Crippen LogP contribution in [0.1, 0.15) is 12.7 Å². The second-order valence-corrected chi connectivity index (χ2v) is 3.56. The molecule has 0 aliphatic carbocycles. The van der Waals surface area contributed by atoms with Gasteiger partial charge in [-0.05, 0) is 6.92 Å². The Labute approximate surface area is 96.6 Å². The van der Waals surface area contributed by atoms with Crippen molar-refractivity contribution < 1.29 is 5.11 Å². The Morgan fingerprint density at radius 3 is 2.76 bits per heavy atom. The highest BCUT2D eigenvalue weighted by molar-refractivity contribution is 5.77. The lowest BCUT2D eigenvalue weighted by Gasteiger charge is -2.06. The van der Waals surface area contributed by atoms with Crippen molar-refractivity contribution in [2.45, 2.75) is 19.9 Å². The molecule has 2 aromatic heterocycles. The van der Waals surface area contributed by atoms with Gasteiger partial charge in [0.05, 0.1) is 12.5 Å². The van der Waals surface area contributed by atoms with Gasteiger partial charge in [0.1, 0.15) is 11.5 Å². The molecule has 0 atom stereocenters. The van der Waals surface area contributed by atoms with Crippen molar-refractivity contribution in [2.24, 2.45) is 7.05 Å². The molecule has 0 aliphatic rings. The van der Waals surface area contributed by atoms with Crippen LogP contribution in [-0.4, -0.2) is 24.2 Å². The summed E-state index contributed by atoms with van der Waals surface area (Å²) in [5, 5.41) is 18.3. The quantitative estimate of drug-likeness (QED) is 0.782. The highest BCUT2D eigenvalue weighted by Crippen LogP contribution is 2.20. The van der Waals surface area contributed by atoms with Crippen LogP contribution in [0, 0.1) is 11.3 Å². The number of rotatable bonds is 2. The Balaban J connectivity index is 2.93. The number of hydrogen-bond donors (Lipinski definition) is 1. The third-order valence-corrected chi connectivity index (χ3v) is 2.59. The summed E-state index contributed by atoms with van der Waals surface area (Å²) in [5.41, 5.74) is 0.183. The van der Waals surface area contributed by atoms with E-state index in [1.54, 1.807) is 11.6 Å². The molecule has 0 amide bonds. The highest BCUT2D eigenvalue weighted by Gasteiger charge is 2.17. The zero-order chi connectivity index (χ0) is 12.6. The molecule has 0 aromatic carbocycles. The van der Waals surface area contributed by atoms with E-state index in [9.17, 15) is 9.90 Å². The summed E-state index contributed by atoms with van der Waals surface area (Å²) in [6, 6.07) is 2.00. The minimum absolute atomic E-state index is 0.121. The molecule has 0 aliphatic heterocycles. The number of imidazole rings is 1. The molecule has 1 N–H and O–H groups in total. The van der Waals surface area contributed by atoms with Gasteiger partial charge >= 0.3 is 5.69 Å². The van der Waals surface area contributed by atoms with Crippen molar-refractivity contribution >= 4 is 11.2 Å². The normalized spacial score (nSPS) is 10.6. The molecule has 0 bridgehead atoms. The monoisotopic (exact) mass is 233 g/mol. The Morgan fingerprint density at radius 2 is 2.18 bits per heavy atom. The minimum atomic E-state index is -0.548. The number of aromatic hydroxyl groups is 1. The van der Waals surface area contributed by atoms with Crippen LogP contribution >= 0.6 is 0 Å². The molecule has 2 rings (SSSR count). The van der Waals surface area contributed by atoms with Crippen molar-refractivity contribution in [1.82, 2.24) is 19.1 Å². The smallest absolute Gasteiger partial charge is 0.352 e. The summed E-state index contributed by atoms with van der Waals surface area (Å²) in [6.07, 6.45) is 0.121. The topological polar surface area (TPSA) is 96.7 Å². The Kier molecular flexibility index (Phi) is 2.55. The summed E-state index contributed by atoms with van der Waals surface area (Å²) in [5.74, 6) is 0.123. The molecule has 0 radical (unpaired) electrons. The zero-order valence-electron chi connectivity index (χ0n) is 9.51. The lowest BCUT2D eigenvalue weighted by atomic mass is 10.4. The average Bonchev–Trinajstić information content (AvgIpc) is 2.66. The van der Waals surface area contributed by atoms with E-state index < -0.39 is 11.6 Å². The molecule has 2 aromatic rings. The Bertz CT molecular complexity index is 677. The van der Waals surface area contributed by atoms with Gasteiger partial charge in [-0.25, -0.2) is 9.78 Å². The Morgan fingerprint density at radius 1 is 1.47 bits per heavy atom. The third-order valence-electron chi connectivity index (χ3n) is 2.59. The van der Waals surface area contributed by atoms with Crippen molar-refractivity contribution in [1.29, 1.82) is 5.26 Å².